The zero-order valence-electron chi connectivity index (χ0n) is 18.8. The predicted molar refractivity (Wildman–Crippen MR) is 127 cm³/mol. The SMILES string of the molecule is O=C(NCc1cn(Cc2ccccc2)nc1-c1ccccc1)[C@H]1CC(=O)N(C2CCCC2)C1. The molecule has 6 heteroatoms. The molecule has 5 rings (SSSR count). The summed E-state index contributed by atoms with van der Waals surface area (Å²) < 4.78 is 1.93. The summed E-state index contributed by atoms with van der Waals surface area (Å²) in [6, 6.07) is 20.6. The molecule has 1 aromatic heterocycles. The van der Waals surface area contributed by atoms with Gasteiger partial charge in [-0.25, -0.2) is 0 Å². The minimum atomic E-state index is -0.266. The summed E-state index contributed by atoms with van der Waals surface area (Å²) in [4.78, 5) is 27.4. The zero-order valence-corrected chi connectivity index (χ0v) is 18.8. The Hall–Kier alpha value is -3.41. The molecule has 2 aliphatic rings. The number of hydrogen-bond acceptors (Lipinski definition) is 3. The van der Waals surface area contributed by atoms with Crippen LogP contribution in [0.3, 0.4) is 0 Å². The molecule has 1 N–H and O–H groups in total. The van der Waals surface area contributed by atoms with E-state index in [1.165, 1.54) is 18.4 Å². The third-order valence-corrected chi connectivity index (χ3v) is 6.82. The summed E-state index contributed by atoms with van der Waals surface area (Å²) >= 11 is 0. The van der Waals surface area contributed by atoms with E-state index in [0.29, 0.717) is 32.1 Å². The summed E-state index contributed by atoms with van der Waals surface area (Å²) in [5.41, 5.74) is 4.05. The lowest BCUT2D eigenvalue weighted by molar-refractivity contribution is -0.130. The highest BCUT2D eigenvalue weighted by Gasteiger charge is 2.38. The maximum Gasteiger partial charge on any atom is 0.225 e. The van der Waals surface area contributed by atoms with E-state index in [9.17, 15) is 9.59 Å². The van der Waals surface area contributed by atoms with Crippen LogP contribution in [0.4, 0.5) is 0 Å². The number of nitrogens with one attached hydrogen (secondary N) is 1. The van der Waals surface area contributed by atoms with Crippen LogP contribution in [0.25, 0.3) is 11.3 Å². The molecule has 0 radical (unpaired) electrons. The molecule has 1 saturated heterocycles. The molecule has 0 unspecified atom stereocenters. The standard InChI is InChI=1S/C27H30N4O2/c32-25-15-22(19-31(25)24-13-7-8-14-24)27(33)28-16-23-18-30(17-20-9-3-1-4-10-20)29-26(23)21-11-5-2-6-12-21/h1-6,9-12,18,22,24H,7-8,13-17,19H2,(H,28,33)/t22-/m0/s1. The van der Waals surface area contributed by atoms with Crippen LogP contribution in [-0.4, -0.2) is 39.1 Å². The van der Waals surface area contributed by atoms with Gasteiger partial charge in [0.15, 0.2) is 0 Å². The summed E-state index contributed by atoms with van der Waals surface area (Å²) in [5.74, 6) is -0.181. The maximum atomic E-state index is 13.0. The van der Waals surface area contributed by atoms with Crippen LogP contribution in [-0.2, 0) is 22.7 Å². The van der Waals surface area contributed by atoms with Crippen LogP contribution in [0.1, 0.15) is 43.2 Å². The Bertz CT molecular complexity index is 1100. The zero-order chi connectivity index (χ0) is 22.6. The first-order chi connectivity index (χ1) is 16.2. The normalized spacial score (nSPS) is 18.7. The Labute approximate surface area is 194 Å². The number of likely N-dealkylation sites (tertiary alicyclic amines) is 1. The molecular weight excluding hydrogens is 412 g/mol. The van der Waals surface area contributed by atoms with E-state index in [-0.39, 0.29) is 17.7 Å². The van der Waals surface area contributed by atoms with E-state index in [1.54, 1.807) is 0 Å². The van der Waals surface area contributed by atoms with Crippen LogP contribution in [0, 0.1) is 5.92 Å². The van der Waals surface area contributed by atoms with Crippen molar-refractivity contribution in [3.05, 3.63) is 78.0 Å². The van der Waals surface area contributed by atoms with Crippen molar-refractivity contribution in [2.75, 3.05) is 6.54 Å². The first-order valence-corrected chi connectivity index (χ1v) is 11.9. The lowest BCUT2D eigenvalue weighted by Crippen LogP contribution is -2.36. The number of rotatable bonds is 7. The molecule has 2 heterocycles. The number of amides is 2. The van der Waals surface area contributed by atoms with Crippen LogP contribution in [0.5, 0.6) is 0 Å². The second-order valence-corrected chi connectivity index (χ2v) is 9.16. The molecule has 1 atom stereocenters. The Morgan fingerprint density at radius 1 is 1.00 bits per heavy atom. The van der Waals surface area contributed by atoms with Crippen LogP contribution < -0.4 is 5.32 Å². The van der Waals surface area contributed by atoms with E-state index in [2.05, 4.69) is 17.4 Å². The van der Waals surface area contributed by atoms with Crippen molar-refractivity contribution in [2.45, 2.75) is 51.2 Å². The van der Waals surface area contributed by atoms with E-state index < -0.39 is 0 Å². The van der Waals surface area contributed by atoms with Gasteiger partial charge in [0, 0.05) is 42.9 Å². The van der Waals surface area contributed by atoms with Gasteiger partial charge >= 0.3 is 0 Å². The molecule has 3 aromatic rings. The molecule has 33 heavy (non-hydrogen) atoms. The maximum absolute atomic E-state index is 13.0. The summed E-state index contributed by atoms with van der Waals surface area (Å²) in [6.45, 7) is 1.61. The molecule has 6 nitrogen and oxygen atoms in total. The second-order valence-electron chi connectivity index (χ2n) is 9.16. The van der Waals surface area contributed by atoms with E-state index in [0.717, 1.165) is 29.7 Å². The average Bonchev–Trinajstić information content (AvgIpc) is 3.59. The van der Waals surface area contributed by atoms with Gasteiger partial charge in [-0.05, 0) is 18.4 Å². The van der Waals surface area contributed by atoms with E-state index in [4.69, 9.17) is 5.10 Å². The average molecular weight is 443 g/mol. The minimum absolute atomic E-state index is 0.0429. The largest absolute Gasteiger partial charge is 0.352 e. The summed E-state index contributed by atoms with van der Waals surface area (Å²) in [5, 5.41) is 7.92. The van der Waals surface area contributed by atoms with Gasteiger partial charge in [0.25, 0.3) is 0 Å². The fourth-order valence-corrected chi connectivity index (χ4v) is 5.09. The number of aromatic nitrogens is 2. The number of nitrogens with zero attached hydrogens (tertiary/aromatic N) is 3. The van der Waals surface area contributed by atoms with Gasteiger partial charge < -0.3 is 10.2 Å². The topological polar surface area (TPSA) is 67.2 Å². The van der Waals surface area contributed by atoms with Gasteiger partial charge in [-0.1, -0.05) is 73.5 Å². The van der Waals surface area contributed by atoms with Crippen LogP contribution in [0.15, 0.2) is 66.9 Å². The molecule has 1 aliphatic carbocycles. The summed E-state index contributed by atoms with van der Waals surface area (Å²) in [7, 11) is 0. The third-order valence-electron chi connectivity index (χ3n) is 6.82. The quantitative estimate of drug-likeness (QED) is 0.601. The number of carbonyl (C=O) groups excluding carboxylic acids is 2. The Morgan fingerprint density at radius 3 is 2.42 bits per heavy atom. The molecule has 0 spiro atoms. The van der Waals surface area contributed by atoms with Crippen molar-refractivity contribution < 1.29 is 9.59 Å². The molecule has 1 aliphatic heterocycles. The number of benzene rings is 2. The molecule has 2 amide bonds. The molecular formula is C27H30N4O2. The van der Waals surface area contributed by atoms with Crippen molar-refractivity contribution in [1.82, 2.24) is 20.0 Å². The Balaban J connectivity index is 1.29. The van der Waals surface area contributed by atoms with Gasteiger partial charge in [-0.2, -0.15) is 5.10 Å². The first-order valence-electron chi connectivity index (χ1n) is 11.9. The minimum Gasteiger partial charge on any atom is -0.352 e. The lowest BCUT2D eigenvalue weighted by atomic mass is 10.1. The molecule has 2 aromatic carbocycles. The van der Waals surface area contributed by atoms with Crippen molar-refractivity contribution in [1.29, 1.82) is 0 Å². The molecule has 1 saturated carbocycles. The fraction of sp³-hybridized carbons (Fsp3) is 0.370. The second kappa shape index (κ2) is 9.61. The number of carbonyl (C=O) groups is 2. The van der Waals surface area contributed by atoms with Crippen LogP contribution >= 0.6 is 0 Å². The van der Waals surface area contributed by atoms with Gasteiger partial charge in [0.2, 0.25) is 11.8 Å². The monoisotopic (exact) mass is 442 g/mol. The van der Waals surface area contributed by atoms with Crippen LogP contribution in [0.2, 0.25) is 0 Å². The van der Waals surface area contributed by atoms with Crippen molar-refractivity contribution in [3.63, 3.8) is 0 Å². The lowest BCUT2D eigenvalue weighted by Gasteiger charge is -2.23. The van der Waals surface area contributed by atoms with Crippen molar-refractivity contribution in [3.8, 4) is 11.3 Å². The molecule has 0 bridgehead atoms. The summed E-state index contributed by atoms with van der Waals surface area (Å²) in [6.07, 6.45) is 6.84. The fourth-order valence-electron chi connectivity index (χ4n) is 5.09. The Morgan fingerprint density at radius 2 is 1.70 bits per heavy atom. The van der Waals surface area contributed by atoms with Crippen molar-refractivity contribution >= 4 is 11.8 Å². The third kappa shape index (κ3) is 4.85. The predicted octanol–water partition coefficient (Wildman–Crippen LogP) is 4.01. The van der Waals surface area contributed by atoms with Gasteiger partial charge in [0.05, 0.1) is 18.2 Å². The van der Waals surface area contributed by atoms with Gasteiger partial charge in [-0.3, -0.25) is 14.3 Å². The van der Waals surface area contributed by atoms with Crippen molar-refractivity contribution in [2.24, 2.45) is 5.92 Å². The highest BCUT2D eigenvalue weighted by Crippen LogP contribution is 2.30. The highest BCUT2D eigenvalue weighted by atomic mass is 16.2. The smallest absolute Gasteiger partial charge is 0.225 e. The van der Waals surface area contributed by atoms with Gasteiger partial charge in [-0.15, -0.1) is 0 Å². The molecule has 170 valence electrons. The van der Waals surface area contributed by atoms with E-state index in [1.807, 2.05) is 64.3 Å². The van der Waals surface area contributed by atoms with E-state index >= 15 is 0 Å². The Kier molecular flexibility index (Phi) is 6.24. The first kappa shape index (κ1) is 21.4. The molecule has 2 fully saturated rings. The van der Waals surface area contributed by atoms with Gasteiger partial charge in [0.1, 0.15) is 0 Å². The number of hydrogen-bond donors (Lipinski definition) is 1. The highest BCUT2D eigenvalue weighted by molar-refractivity contribution is 5.89.